The molecule has 1 aromatic rings. The molecule has 0 spiro atoms. The van der Waals surface area contributed by atoms with Gasteiger partial charge in [0.1, 0.15) is 0 Å². The molecular formula is C17H26N2O5S. The van der Waals surface area contributed by atoms with E-state index < -0.39 is 9.84 Å². The number of amides is 1. The summed E-state index contributed by atoms with van der Waals surface area (Å²) in [6.07, 6.45) is 1.77. The Kier molecular flexibility index (Phi) is 6.95. The Morgan fingerprint density at radius 1 is 1.32 bits per heavy atom. The molecule has 1 amide bonds. The molecule has 0 radical (unpaired) electrons. The minimum atomic E-state index is -3.27. The van der Waals surface area contributed by atoms with E-state index in [1.54, 1.807) is 0 Å². The standard InChI is InChI=1S/C17H26N2O5S/c1-19(2)9-11-24-16-8-10-23-12-15(16)18-17(20)13-4-6-14(7-5-13)25(3,21)22/h4-7,15-16H,8-12H2,1-3H3,(H,18,20)/t15-,16+/m1/s1. The summed E-state index contributed by atoms with van der Waals surface area (Å²) in [4.78, 5) is 14.6. The Morgan fingerprint density at radius 2 is 2.00 bits per heavy atom. The second-order valence-corrected chi connectivity index (χ2v) is 8.47. The van der Waals surface area contributed by atoms with Crippen LogP contribution in [0.5, 0.6) is 0 Å². The average molecular weight is 370 g/mol. The number of ether oxygens (including phenoxy) is 2. The molecule has 8 heteroatoms. The van der Waals surface area contributed by atoms with Crippen LogP contribution in [0.25, 0.3) is 0 Å². The van der Waals surface area contributed by atoms with Gasteiger partial charge in [-0.15, -0.1) is 0 Å². The zero-order valence-corrected chi connectivity index (χ0v) is 15.7. The van der Waals surface area contributed by atoms with E-state index in [2.05, 4.69) is 5.32 Å². The predicted octanol–water partition coefficient (Wildman–Crippen LogP) is 0.556. The fraction of sp³-hybridized carbons (Fsp3) is 0.588. The highest BCUT2D eigenvalue weighted by Gasteiger charge is 2.28. The molecule has 1 aromatic carbocycles. The summed E-state index contributed by atoms with van der Waals surface area (Å²) in [5.41, 5.74) is 0.407. The van der Waals surface area contributed by atoms with Crippen molar-refractivity contribution in [3.05, 3.63) is 29.8 Å². The summed E-state index contributed by atoms with van der Waals surface area (Å²) in [5, 5.41) is 2.93. The molecule has 7 nitrogen and oxygen atoms in total. The summed E-state index contributed by atoms with van der Waals surface area (Å²) in [6, 6.07) is 5.67. The zero-order chi connectivity index (χ0) is 18.4. The third-order valence-corrected chi connectivity index (χ3v) is 5.15. The van der Waals surface area contributed by atoms with Gasteiger partial charge in [0, 0.05) is 25.0 Å². The molecular weight excluding hydrogens is 344 g/mol. The highest BCUT2D eigenvalue weighted by molar-refractivity contribution is 7.90. The molecule has 0 saturated carbocycles. The molecule has 1 N–H and O–H groups in total. The summed E-state index contributed by atoms with van der Waals surface area (Å²) in [5.74, 6) is -0.267. The summed E-state index contributed by atoms with van der Waals surface area (Å²) in [6.45, 7) is 2.42. The fourth-order valence-electron chi connectivity index (χ4n) is 2.54. The van der Waals surface area contributed by atoms with Gasteiger partial charge >= 0.3 is 0 Å². The minimum Gasteiger partial charge on any atom is -0.379 e. The van der Waals surface area contributed by atoms with Crippen LogP contribution < -0.4 is 5.32 Å². The van der Waals surface area contributed by atoms with E-state index >= 15 is 0 Å². The second kappa shape index (κ2) is 8.75. The maximum absolute atomic E-state index is 12.4. The first-order valence-electron chi connectivity index (χ1n) is 8.22. The maximum atomic E-state index is 12.4. The first-order valence-corrected chi connectivity index (χ1v) is 10.1. The molecule has 1 saturated heterocycles. The van der Waals surface area contributed by atoms with Crippen LogP contribution in [-0.2, 0) is 19.3 Å². The lowest BCUT2D eigenvalue weighted by Gasteiger charge is -2.32. The second-order valence-electron chi connectivity index (χ2n) is 6.45. The molecule has 0 aliphatic carbocycles. The highest BCUT2D eigenvalue weighted by Crippen LogP contribution is 2.14. The van der Waals surface area contributed by atoms with Gasteiger partial charge in [-0.3, -0.25) is 4.79 Å². The third kappa shape index (κ3) is 6.07. The lowest BCUT2D eigenvalue weighted by molar-refractivity contribution is -0.0561. The highest BCUT2D eigenvalue weighted by atomic mass is 32.2. The van der Waals surface area contributed by atoms with Crippen LogP contribution in [-0.4, -0.2) is 78.1 Å². The molecule has 0 unspecified atom stereocenters. The third-order valence-electron chi connectivity index (χ3n) is 4.02. The molecule has 1 fully saturated rings. The average Bonchev–Trinajstić information content (AvgIpc) is 2.55. The molecule has 1 heterocycles. The molecule has 2 rings (SSSR count). The molecule has 0 bridgehead atoms. The topological polar surface area (TPSA) is 84.9 Å². The minimum absolute atomic E-state index is 0.0899. The van der Waals surface area contributed by atoms with E-state index in [1.807, 2.05) is 19.0 Å². The van der Waals surface area contributed by atoms with E-state index in [9.17, 15) is 13.2 Å². The molecule has 0 aromatic heterocycles. The number of carbonyl (C=O) groups excluding carboxylic acids is 1. The number of nitrogens with zero attached hydrogens (tertiary/aromatic N) is 1. The first kappa shape index (κ1) is 19.8. The van der Waals surface area contributed by atoms with Crippen molar-refractivity contribution in [2.75, 3.05) is 46.7 Å². The van der Waals surface area contributed by atoms with Gasteiger partial charge in [-0.2, -0.15) is 0 Å². The van der Waals surface area contributed by atoms with Gasteiger partial charge in [0.05, 0.1) is 30.3 Å². The van der Waals surface area contributed by atoms with Crippen LogP contribution >= 0.6 is 0 Å². The van der Waals surface area contributed by atoms with Crippen LogP contribution in [0.2, 0.25) is 0 Å². The van der Waals surface area contributed by atoms with Crippen molar-refractivity contribution in [1.29, 1.82) is 0 Å². The monoisotopic (exact) mass is 370 g/mol. The van der Waals surface area contributed by atoms with Crippen LogP contribution in [0.1, 0.15) is 16.8 Å². The van der Waals surface area contributed by atoms with E-state index in [0.717, 1.165) is 19.2 Å². The van der Waals surface area contributed by atoms with Gasteiger partial charge in [-0.05, 0) is 44.8 Å². The summed E-state index contributed by atoms with van der Waals surface area (Å²) >= 11 is 0. The first-order chi connectivity index (χ1) is 11.8. The van der Waals surface area contributed by atoms with E-state index in [4.69, 9.17) is 9.47 Å². The van der Waals surface area contributed by atoms with Crippen LogP contribution in [0, 0.1) is 0 Å². The van der Waals surface area contributed by atoms with Crippen molar-refractivity contribution >= 4 is 15.7 Å². The van der Waals surface area contributed by atoms with Crippen LogP contribution in [0.15, 0.2) is 29.2 Å². The normalized spacial score (nSPS) is 21.3. The van der Waals surface area contributed by atoms with Crippen LogP contribution in [0.3, 0.4) is 0 Å². The Morgan fingerprint density at radius 3 is 2.60 bits per heavy atom. The quantitative estimate of drug-likeness (QED) is 0.755. The lowest BCUT2D eigenvalue weighted by atomic mass is 10.1. The lowest BCUT2D eigenvalue weighted by Crippen LogP contribution is -2.51. The molecule has 2 atom stereocenters. The predicted molar refractivity (Wildman–Crippen MR) is 94.5 cm³/mol. The Balaban J connectivity index is 1.97. The van der Waals surface area contributed by atoms with Crippen molar-refractivity contribution < 1.29 is 22.7 Å². The number of rotatable bonds is 7. The Labute approximate surface area is 149 Å². The number of nitrogens with one attached hydrogen (secondary N) is 1. The molecule has 140 valence electrons. The van der Waals surface area contributed by atoms with Crippen molar-refractivity contribution in [2.24, 2.45) is 0 Å². The number of sulfone groups is 1. The van der Waals surface area contributed by atoms with Crippen molar-refractivity contribution in [1.82, 2.24) is 10.2 Å². The molecule has 1 aliphatic heterocycles. The van der Waals surface area contributed by atoms with Gasteiger partial charge in [0.2, 0.25) is 0 Å². The molecule has 1 aliphatic rings. The Bertz CT molecular complexity index is 673. The van der Waals surface area contributed by atoms with E-state index in [1.165, 1.54) is 24.3 Å². The summed E-state index contributed by atoms with van der Waals surface area (Å²) in [7, 11) is 0.684. The van der Waals surface area contributed by atoms with Gasteiger partial charge in [-0.1, -0.05) is 0 Å². The van der Waals surface area contributed by atoms with Gasteiger partial charge in [-0.25, -0.2) is 8.42 Å². The van der Waals surface area contributed by atoms with Crippen molar-refractivity contribution in [3.8, 4) is 0 Å². The zero-order valence-electron chi connectivity index (χ0n) is 14.9. The van der Waals surface area contributed by atoms with Gasteiger partial charge < -0.3 is 19.7 Å². The van der Waals surface area contributed by atoms with Gasteiger partial charge in [0.25, 0.3) is 5.91 Å². The van der Waals surface area contributed by atoms with E-state index in [-0.39, 0.29) is 22.9 Å². The van der Waals surface area contributed by atoms with Crippen LogP contribution in [0.4, 0.5) is 0 Å². The maximum Gasteiger partial charge on any atom is 0.251 e. The van der Waals surface area contributed by atoms with Gasteiger partial charge in [0.15, 0.2) is 9.84 Å². The fourth-order valence-corrected chi connectivity index (χ4v) is 3.17. The number of benzene rings is 1. The van der Waals surface area contributed by atoms with Crippen molar-refractivity contribution in [2.45, 2.75) is 23.5 Å². The SMILES string of the molecule is CN(C)CCO[C@H]1CCOC[C@H]1NC(=O)c1ccc(S(C)(=O)=O)cc1. The number of carbonyl (C=O) groups is 1. The number of hydrogen-bond acceptors (Lipinski definition) is 6. The molecule has 25 heavy (non-hydrogen) atoms. The smallest absolute Gasteiger partial charge is 0.251 e. The largest absolute Gasteiger partial charge is 0.379 e. The van der Waals surface area contributed by atoms with E-state index in [0.29, 0.717) is 25.4 Å². The number of hydrogen-bond donors (Lipinski definition) is 1. The summed E-state index contributed by atoms with van der Waals surface area (Å²) < 4.78 is 34.3. The van der Waals surface area contributed by atoms with Crippen molar-refractivity contribution in [3.63, 3.8) is 0 Å². The Hall–Kier alpha value is -1.48. The number of likely N-dealkylation sites (N-methyl/N-ethyl adjacent to an activating group) is 1.